The fourth-order valence-corrected chi connectivity index (χ4v) is 4.40. The first kappa shape index (κ1) is 19.5. The third kappa shape index (κ3) is 3.49. The van der Waals surface area contributed by atoms with Gasteiger partial charge in [0.25, 0.3) is 5.91 Å². The first-order chi connectivity index (χ1) is 15.0. The maximum Gasteiger partial charge on any atom is 0.260 e. The lowest BCUT2D eigenvalue weighted by molar-refractivity contribution is -0.134. The molecule has 0 spiro atoms. The number of aromatic nitrogens is 6. The van der Waals surface area contributed by atoms with Crippen LogP contribution >= 0.6 is 0 Å². The Morgan fingerprint density at radius 1 is 1.19 bits per heavy atom. The molecule has 0 bridgehead atoms. The van der Waals surface area contributed by atoms with Crippen LogP contribution in [0.2, 0.25) is 0 Å². The van der Waals surface area contributed by atoms with Gasteiger partial charge in [0.15, 0.2) is 17.9 Å². The molecule has 0 saturated carbocycles. The number of pyridine rings is 2. The topological polar surface area (TPSA) is 90.4 Å². The molecule has 0 radical (unpaired) electrons. The van der Waals surface area contributed by atoms with E-state index < -0.39 is 0 Å². The van der Waals surface area contributed by atoms with Crippen molar-refractivity contribution in [2.24, 2.45) is 7.05 Å². The average molecular weight is 419 g/mol. The van der Waals surface area contributed by atoms with Gasteiger partial charge in [-0.1, -0.05) is 6.07 Å². The van der Waals surface area contributed by atoms with E-state index in [1.165, 1.54) is 0 Å². The zero-order valence-corrected chi connectivity index (χ0v) is 17.9. The van der Waals surface area contributed by atoms with Crippen molar-refractivity contribution >= 4 is 22.6 Å². The van der Waals surface area contributed by atoms with Crippen LogP contribution in [0.15, 0.2) is 30.5 Å². The van der Waals surface area contributed by atoms with Crippen LogP contribution in [-0.2, 0) is 11.8 Å². The molecule has 1 aliphatic rings. The summed E-state index contributed by atoms with van der Waals surface area (Å²) in [7, 11) is 1.84. The largest absolute Gasteiger partial charge is 0.466 e. The van der Waals surface area contributed by atoms with Crippen LogP contribution in [0.1, 0.15) is 35.8 Å². The quantitative estimate of drug-likeness (QED) is 0.505. The summed E-state index contributed by atoms with van der Waals surface area (Å²) in [6.45, 7) is 5.29. The molecule has 31 heavy (non-hydrogen) atoms. The smallest absolute Gasteiger partial charge is 0.260 e. The lowest BCUT2D eigenvalue weighted by Gasteiger charge is -2.31. The summed E-state index contributed by atoms with van der Waals surface area (Å²) in [6, 6.07) is 7.89. The molecular formula is C22H25N7O2. The molecular weight excluding hydrogens is 394 g/mol. The highest BCUT2D eigenvalue weighted by molar-refractivity contribution is 5.85. The molecule has 160 valence electrons. The van der Waals surface area contributed by atoms with Crippen LogP contribution in [0.25, 0.3) is 16.7 Å². The third-order valence-corrected chi connectivity index (χ3v) is 5.97. The van der Waals surface area contributed by atoms with E-state index in [1.807, 2.05) is 60.7 Å². The van der Waals surface area contributed by atoms with Crippen molar-refractivity contribution in [3.8, 4) is 5.88 Å². The molecule has 4 aromatic heterocycles. The second kappa shape index (κ2) is 7.64. The van der Waals surface area contributed by atoms with Gasteiger partial charge in [0, 0.05) is 37.9 Å². The number of fused-ring (bicyclic) bond motifs is 2. The van der Waals surface area contributed by atoms with Crippen molar-refractivity contribution in [3.05, 3.63) is 47.5 Å². The minimum absolute atomic E-state index is 0.0268. The SMILES string of the molecule is Cc1cc(C)c2c(OCC(=O)N3CCC(c4nnc5ccccn45)CC3)nn(C)c2n1. The van der Waals surface area contributed by atoms with Gasteiger partial charge < -0.3 is 9.64 Å². The minimum Gasteiger partial charge on any atom is -0.466 e. The van der Waals surface area contributed by atoms with E-state index in [2.05, 4.69) is 20.3 Å². The summed E-state index contributed by atoms with van der Waals surface area (Å²) in [5.74, 6) is 1.69. The standard InChI is InChI=1S/C22H25N7O2/c1-14-12-15(2)23-21-19(14)22(26-27(21)3)31-13-18(30)28-10-7-16(8-11-28)20-25-24-17-6-4-5-9-29(17)20/h4-6,9,12,16H,7-8,10-11,13H2,1-3H3. The van der Waals surface area contributed by atoms with Crippen molar-refractivity contribution in [1.82, 2.24) is 34.3 Å². The molecule has 9 heteroatoms. The van der Waals surface area contributed by atoms with Gasteiger partial charge in [-0.15, -0.1) is 15.3 Å². The predicted octanol–water partition coefficient (Wildman–Crippen LogP) is 2.41. The molecule has 9 nitrogen and oxygen atoms in total. The molecule has 0 N–H and O–H groups in total. The molecule has 5 heterocycles. The number of amides is 1. The number of nitrogens with zero attached hydrogens (tertiary/aromatic N) is 7. The average Bonchev–Trinajstić information content (AvgIpc) is 3.33. The highest BCUT2D eigenvalue weighted by Gasteiger charge is 2.27. The second-order valence-corrected chi connectivity index (χ2v) is 8.14. The molecule has 0 aliphatic carbocycles. The van der Waals surface area contributed by atoms with Crippen LogP contribution in [0.3, 0.4) is 0 Å². The molecule has 5 rings (SSSR count). The van der Waals surface area contributed by atoms with Gasteiger partial charge in [-0.2, -0.15) is 0 Å². The molecule has 4 aromatic rings. The summed E-state index contributed by atoms with van der Waals surface area (Å²) in [5, 5.41) is 13.9. The van der Waals surface area contributed by atoms with E-state index >= 15 is 0 Å². The van der Waals surface area contributed by atoms with Gasteiger partial charge >= 0.3 is 0 Å². The first-order valence-corrected chi connectivity index (χ1v) is 10.5. The van der Waals surface area contributed by atoms with Gasteiger partial charge in [0.2, 0.25) is 5.88 Å². The lowest BCUT2D eigenvalue weighted by Crippen LogP contribution is -2.40. The fraction of sp³-hybridized carbons (Fsp3) is 0.409. The second-order valence-electron chi connectivity index (χ2n) is 8.14. The lowest BCUT2D eigenvalue weighted by atomic mass is 9.96. The van der Waals surface area contributed by atoms with Crippen LogP contribution in [-0.4, -0.2) is 59.9 Å². The fourth-order valence-electron chi connectivity index (χ4n) is 4.40. The van der Waals surface area contributed by atoms with Gasteiger partial charge in [0.1, 0.15) is 5.82 Å². The van der Waals surface area contributed by atoms with E-state index in [-0.39, 0.29) is 12.5 Å². The van der Waals surface area contributed by atoms with E-state index in [4.69, 9.17) is 4.74 Å². The molecule has 1 saturated heterocycles. The number of piperidine rings is 1. The number of likely N-dealkylation sites (tertiary alicyclic amines) is 1. The number of carbonyl (C=O) groups is 1. The number of carbonyl (C=O) groups excluding carboxylic acids is 1. The van der Waals surface area contributed by atoms with E-state index in [1.54, 1.807) is 4.68 Å². The van der Waals surface area contributed by atoms with Crippen molar-refractivity contribution in [3.63, 3.8) is 0 Å². The number of ether oxygens (including phenoxy) is 1. The summed E-state index contributed by atoms with van der Waals surface area (Å²) >= 11 is 0. The minimum atomic E-state index is -0.0298. The van der Waals surface area contributed by atoms with E-state index in [0.717, 1.165) is 46.6 Å². The maximum absolute atomic E-state index is 12.8. The van der Waals surface area contributed by atoms with Gasteiger partial charge in [-0.3, -0.25) is 9.20 Å². The summed E-state index contributed by atoms with van der Waals surface area (Å²) in [5.41, 5.74) is 3.59. The van der Waals surface area contributed by atoms with Gasteiger partial charge in [-0.05, 0) is 50.5 Å². The maximum atomic E-state index is 12.8. The van der Waals surface area contributed by atoms with Crippen molar-refractivity contribution in [2.75, 3.05) is 19.7 Å². The zero-order chi connectivity index (χ0) is 21.5. The Bertz CT molecular complexity index is 1270. The normalized spacial score (nSPS) is 15.1. The van der Waals surface area contributed by atoms with Crippen molar-refractivity contribution in [1.29, 1.82) is 0 Å². The summed E-state index contributed by atoms with van der Waals surface area (Å²) < 4.78 is 9.58. The molecule has 0 aromatic carbocycles. The van der Waals surface area contributed by atoms with Crippen molar-refractivity contribution < 1.29 is 9.53 Å². The van der Waals surface area contributed by atoms with Gasteiger partial charge in [0.05, 0.1) is 5.39 Å². The molecule has 0 unspecified atom stereocenters. The van der Waals surface area contributed by atoms with Crippen LogP contribution in [0.4, 0.5) is 0 Å². The summed E-state index contributed by atoms with van der Waals surface area (Å²) in [6.07, 6.45) is 3.71. The van der Waals surface area contributed by atoms with Crippen LogP contribution in [0, 0.1) is 13.8 Å². The van der Waals surface area contributed by atoms with E-state index in [9.17, 15) is 4.79 Å². The Labute approximate surface area is 179 Å². The third-order valence-electron chi connectivity index (χ3n) is 5.97. The zero-order valence-electron chi connectivity index (χ0n) is 17.9. The monoisotopic (exact) mass is 419 g/mol. The van der Waals surface area contributed by atoms with Crippen LogP contribution in [0.5, 0.6) is 5.88 Å². The molecule has 0 atom stereocenters. The molecule has 1 fully saturated rings. The predicted molar refractivity (Wildman–Crippen MR) is 115 cm³/mol. The molecule has 1 aliphatic heterocycles. The van der Waals surface area contributed by atoms with Crippen LogP contribution < -0.4 is 4.74 Å². The Hall–Kier alpha value is -3.49. The summed E-state index contributed by atoms with van der Waals surface area (Å²) in [4.78, 5) is 19.2. The highest BCUT2D eigenvalue weighted by atomic mass is 16.5. The Kier molecular flexibility index (Phi) is 4.80. The highest BCUT2D eigenvalue weighted by Crippen LogP contribution is 2.29. The Balaban J connectivity index is 1.23. The van der Waals surface area contributed by atoms with Crippen molar-refractivity contribution in [2.45, 2.75) is 32.6 Å². The van der Waals surface area contributed by atoms with Gasteiger partial charge in [-0.25, -0.2) is 9.67 Å². The number of hydrogen-bond donors (Lipinski definition) is 0. The van der Waals surface area contributed by atoms with E-state index in [0.29, 0.717) is 24.9 Å². The number of aryl methyl sites for hydroxylation is 3. The molecule has 1 amide bonds. The Morgan fingerprint density at radius 2 is 2.00 bits per heavy atom. The number of hydrogen-bond acceptors (Lipinski definition) is 6. The number of rotatable bonds is 4. The Morgan fingerprint density at radius 3 is 2.81 bits per heavy atom. The first-order valence-electron chi connectivity index (χ1n) is 10.5.